The van der Waals surface area contributed by atoms with Gasteiger partial charge in [-0.05, 0) is 42.5 Å². The first-order chi connectivity index (χ1) is 13.4. The van der Waals surface area contributed by atoms with E-state index in [1.165, 1.54) is 36.5 Å². The summed E-state index contributed by atoms with van der Waals surface area (Å²) in [6, 6.07) is 10.2. The second kappa shape index (κ2) is 7.07. The van der Waals surface area contributed by atoms with Crippen molar-refractivity contribution in [1.82, 2.24) is 9.47 Å². The van der Waals surface area contributed by atoms with Crippen molar-refractivity contribution in [3.05, 3.63) is 76.1 Å². The molecule has 4 rings (SSSR count). The Balaban J connectivity index is 1.56. The molecule has 1 aromatic heterocycles. The van der Waals surface area contributed by atoms with Gasteiger partial charge in [0.15, 0.2) is 0 Å². The Morgan fingerprint density at radius 3 is 2.25 bits per heavy atom. The number of aromatic nitrogens is 1. The molecule has 28 heavy (non-hydrogen) atoms. The van der Waals surface area contributed by atoms with E-state index in [1.807, 2.05) is 0 Å². The Bertz CT molecular complexity index is 1100. The van der Waals surface area contributed by atoms with Crippen molar-refractivity contribution in [2.45, 2.75) is 0 Å². The Morgan fingerprint density at radius 1 is 0.929 bits per heavy atom. The van der Waals surface area contributed by atoms with Crippen LogP contribution in [0.2, 0.25) is 0 Å². The second-order valence-corrected chi connectivity index (χ2v) is 6.90. The second-order valence-electron chi connectivity index (χ2n) is 6.90. The monoisotopic (exact) mass is 383 g/mol. The minimum absolute atomic E-state index is 0.0378. The average Bonchev–Trinajstić information content (AvgIpc) is 2.71. The molecular weight excluding hydrogens is 364 g/mol. The first-order valence-electron chi connectivity index (χ1n) is 9.03. The predicted octanol–water partition coefficient (Wildman–Crippen LogP) is 2.78. The smallest absolute Gasteiger partial charge is 0.259 e. The minimum atomic E-state index is -0.512. The summed E-state index contributed by atoms with van der Waals surface area (Å²) in [4.78, 5) is 29.4. The van der Waals surface area contributed by atoms with E-state index in [0.29, 0.717) is 31.7 Å². The summed E-state index contributed by atoms with van der Waals surface area (Å²) in [5.74, 6) is -1.16. The van der Waals surface area contributed by atoms with Crippen LogP contribution in [0, 0.1) is 11.6 Å². The highest BCUT2D eigenvalue weighted by atomic mass is 19.1. The summed E-state index contributed by atoms with van der Waals surface area (Å²) < 4.78 is 28.3. The molecule has 3 aromatic rings. The van der Waals surface area contributed by atoms with Crippen molar-refractivity contribution in [1.29, 1.82) is 0 Å². The number of piperazine rings is 1. The Kier molecular flexibility index (Phi) is 4.58. The van der Waals surface area contributed by atoms with Crippen molar-refractivity contribution < 1.29 is 13.6 Å². The molecule has 2 heterocycles. The van der Waals surface area contributed by atoms with Gasteiger partial charge in [0.25, 0.3) is 5.91 Å². The fraction of sp³-hybridized carbons (Fsp3) is 0.238. The molecule has 0 saturated carbocycles. The lowest BCUT2D eigenvalue weighted by Crippen LogP contribution is -2.49. The number of halogens is 2. The van der Waals surface area contributed by atoms with Crippen molar-refractivity contribution in [3.63, 3.8) is 0 Å². The van der Waals surface area contributed by atoms with E-state index in [1.54, 1.807) is 28.6 Å². The zero-order valence-corrected chi connectivity index (χ0v) is 15.4. The fourth-order valence-electron chi connectivity index (χ4n) is 3.61. The summed E-state index contributed by atoms with van der Waals surface area (Å²) in [6.45, 7) is 2.06. The predicted molar refractivity (Wildman–Crippen MR) is 104 cm³/mol. The standard InChI is InChI=1S/C21H19F2N3O2/c1-24-13-18(20(27)17-12-15(23)4-7-19(17)24)21(28)26-10-8-25(9-11-26)16-5-2-14(22)3-6-16/h2-7,12-13H,8-11H2,1H3. The Hall–Kier alpha value is -3.22. The molecule has 1 aliphatic rings. The molecule has 0 radical (unpaired) electrons. The molecule has 0 bridgehead atoms. The molecule has 5 nitrogen and oxygen atoms in total. The molecule has 144 valence electrons. The number of amides is 1. The number of hydrogen-bond acceptors (Lipinski definition) is 3. The van der Waals surface area contributed by atoms with Crippen molar-refractivity contribution in [2.75, 3.05) is 31.1 Å². The zero-order chi connectivity index (χ0) is 19.8. The van der Waals surface area contributed by atoms with Crippen molar-refractivity contribution in [2.24, 2.45) is 7.05 Å². The van der Waals surface area contributed by atoms with Crippen LogP contribution in [0.1, 0.15) is 10.4 Å². The van der Waals surface area contributed by atoms with Crippen LogP contribution in [0.5, 0.6) is 0 Å². The quantitative estimate of drug-likeness (QED) is 0.684. The van der Waals surface area contributed by atoms with E-state index < -0.39 is 11.2 Å². The highest BCUT2D eigenvalue weighted by Crippen LogP contribution is 2.18. The van der Waals surface area contributed by atoms with E-state index in [-0.39, 0.29) is 22.7 Å². The molecule has 1 aliphatic heterocycles. The maximum absolute atomic E-state index is 13.6. The minimum Gasteiger partial charge on any atom is -0.368 e. The molecule has 1 saturated heterocycles. The number of nitrogens with zero attached hydrogens (tertiary/aromatic N) is 3. The largest absolute Gasteiger partial charge is 0.368 e. The molecule has 1 amide bonds. The molecule has 0 unspecified atom stereocenters. The lowest BCUT2D eigenvalue weighted by atomic mass is 10.1. The van der Waals surface area contributed by atoms with E-state index in [9.17, 15) is 18.4 Å². The molecule has 0 N–H and O–H groups in total. The third kappa shape index (κ3) is 3.24. The van der Waals surface area contributed by atoms with E-state index in [4.69, 9.17) is 0 Å². The number of anilines is 1. The Labute approximate surface area is 160 Å². The van der Waals surface area contributed by atoms with Crippen LogP contribution in [0.4, 0.5) is 14.5 Å². The lowest BCUT2D eigenvalue weighted by molar-refractivity contribution is 0.0745. The summed E-state index contributed by atoms with van der Waals surface area (Å²) >= 11 is 0. The van der Waals surface area contributed by atoms with Gasteiger partial charge < -0.3 is 14.4 Å². The number of benzene rings is 2. The maximum Gasteiger partial charge on any atom is 0.259 e. The third-order valence-electron chi connectivity index (χ3n) is 5.14. The van der Waals surface area contributed by atoms with Crippen LogP contribution >= 0.6 is 0 Å². The highest BCUT2D eigenvalue weighted by Gasteiger charge is 2.25. The number of fused-ring (bicyclic) bond motifs is 1. The summed E-state index contributed by atoms with van der Waals surface area (Å²) in [5.41, 5.74) is 1.05. The van der Waals surface area contributed by atoms with Gasteiger partial charge in [-0.25, -0.2) is 8.78 Å². The average molecular weight is 383 g/mol. The SMILES string of the molecule is Cn1cc(C(=O)N2CCN(c3ccc(F)cc3)CC2)c(=O)c2cc(F)ccc21. The van der Waals surface area contributed by atoms with Crippen LogP contribution in [-0.2, 0) is 7.05 Å². The van der Waals surface area contributed by atoms with Crippen molar-refractivity contribution >= 4 is 22.5 Å². The maximum atomic E-state index is 13.6. The molecule has 0 aliphatic carbocycles. The molecule has 1 fully saturated rings. The van der Waals surface area contributed by atoms with Crippen LogP contribution in [0.3, 0.4) is 0 Å². The van der Waals surface area contributed by atoms with Gasteiger partial charge in [-0.1, -0.05) is 0 Å². The zero-order valence-electron chi connectivity index (χ0n) is 15.4. The van der Waals surface area contributed by atoms with Crippen LogP contribution in [0.15, 0.2) is 53.5 Å². The first kappa shape index (κ1) is 18.2. The summed E-state index contributed by atoms with van der Waals surface area (Å²) in [5, 5.41) is 0.193. The molecule has 0 spiro atoms. The summed E-state index contributed by atoms with van der Waals surface area (Å²) in [6.07, 6.45) is 1.51. The van der Waals surface area contributed by atoms with E-state index in [0.717, 1.165) is 5.69 Å². The number of pyridine rings is 1. The summed E-state index contributed by atoms with van der Waals surface area (Å²) in [7, 11) is 1.73. The first-order valence-corrected chi connectivity index (χ1v) is 9.03. The number of carbonyl (C=O) groups excluding carboxylic acids is 1. The molecule has 2 aromatic carbocycles. The van der Waals surface area contributed by atoms with Gasteiger partial charge in [0, 0.05) is 50.5 Å². The molecule has 0 atom stereocenters. The van der Waals surface area contributed by atoms with Crippen molar-refractivity contribution in [3.8, 4) is 0 Å². The Morgan fingerprint density at radius 2 is 1.57 bits per heavy atom. The third-order valence-corrected chi connectivity index (χ3v) is 5.14. The number of aryl methyl sites for hydroxylation is 1. The number of carbonyl (C=O) groups is 1. The molecule has 7 heteroatoms. The molecular formula is C21H19F2N3O2. The normalized spacial score (nSPS) is 14.5. The van der Waals surface area contributed by atoms with Gasteiger partial charge in [0.2, 0.25) is 5.43 Å². The van der Waals surface area contributed by atoms with Crippen LogP contribution in [0.25, 0.3) is 10.9 Å². The van der Waals surface area contributed by atoms with Gasteiger partial charge in [-0.15, -0.1) is 0 Å². The van der Waals surface area contributed by atoms with Gasteiger partial charge in [0.05, 0.1) is 5.52 Å². The fourth-order valence-corrected chi connectivity index (χ4v) is 3.61. The topological polar surface area (TPSA) is 45.6 Å². The lowest BCUT2D eigenvalue weighted by Gasteiger charge is -2.36. The number of rotatable bonds is 2. The van der Waals surface area contributed by atoms with E-state index >= 15 is 0 Å². The number of hydrogen-bond donors (Lipinski definition) is 0. The highest BCUT2D eigenvalue weighted by molar-refractivity contribution is 5.97. The van der Waals surface area contributed by atoms with Gasteiger partial charge >= 0.3 is 0 Å². The van der Waals surface area contributed by atoms with Crippen LogP contribution in [-0.4, -0.2) is 41.6 Å². The van der Waals surface area contributed by atoms with E-state index in [2.05, 4.69) is 4.90 Å². The van der Waals surface area contributed by atoms with Gasteiger partial charge in [-0.3, -0.25) is 9.59 Å². The van der Waals surface area contributed by atoms with Gasteiger partial charge in [-0.2, -0.15) is 0 Å². The van der Waals surface area contributed by atoms with Gasteiger partial charge in [0.1, 0.15) is 17.2 Å². The van der Waals surface area contributed by atoms with Crippen LogP contribution < -0.4 is 10.3 Å².